The summed E-state index contributed by atoms with van der Waals surface area (Å²) in [4.78, 5) is 52.1. The molecular weight excluding hydrogens is 1040 g/mol. The summed E-state index contributed by atoms with van der Waals surface area (Å²) in [6, 6.07) is 14.5. The van der Waals surface area contributed by atoms with Gasteiger partial charge in [0.15, 0.2) is 0 Å². The van der Waals surface area contributed by atoms with E-state index in [1.165, 1.54) is 6.07 Å². The Morgan fingerprint density at radius 1 is 0.671 bits per heavy atom. The van der Waals surface area contributed by atoms with Gasteiger partial charge in [-0.3, -0.25) is 9.59 Å². The number of nitrogens with zero attached hydrogens (tertiary/aromatic N) is 2. The van der Waals surface area contributed by atoms with E-state index < -0.39 is 121 Å². The van der Waals surface area contributed by atoms with E-state index in [1.807, 2.05) is 0 Å². The van der Waals surface area contributed by atoms with Crippen LogP contribution in [0.3, 0.4) is 0 Å². The number of alkyl halides is 6. The number of imide groups is 2. The van der Waals surface area contributed by atoms with Crippen LogP contribution < -0.4 is 10.5 Å². The molecule has 0 unspecified atom stereocenters. The molecule has 2 aliphatic rings. The molecule has 0 bridgehead atoms. The minimum Gasteiger partial charge on any atom is -0.447 e. The summed E-state index contributed by atoms with van der Waals surface area (Å²) in [6.07, 6.45) is -12.8. The summed E-state index contributed by atoms with van der Waals surface area (Å²) >= 11 is 6.28. The molecule has 376 valence electrons. The molecule has 3 N–H and O–H groups in total. The number of rotatable bonds is 13. The number of nitrogens with two attached hydrogens (primary N) is 1. The van der Waals surface area contributed by atoms with Crippen LogP contribution in [0.4, 0.5) is 53.5 Å². The van der Waals surface area contributed by atoms with Crippen molar-refractivity contribution in [2.24, 2.45) is 5.73 Å². The van der Waals surface area contributed by atoms with E-state index in [4.69, 9.17) is 26.8 Å². The van der Waals surface area contributed by atoms with Crippen LogP contribution in [0.25, 0.3) is 0 Å². The number of sulfonamides is 1. The van der Waals surface area contributed by atoms with Gasteiger partial charge in [-0.15, -0.1) is 23.7 Å². The standard InChI is InChI=1S/C24H18ClF5N2O5S2.C20H17F5N2O3.ClH/c25-18-6-7-19(38-18)39(35,36)31-21(20(24(28,29)30)14-9-15(26)11-16(27)10-14)22(33)32-17(12-37-23(32)34)8-13-4-2-1-3-5-13;21-13-7-12(8-14(22)9-13)16(20(23,24)25)17(26)18(28)27-15(10-30-19(27)29)6-11-4-2-1-3-5-11;/h1-7,9-11,17,20-21,31H,8,12H2;1-5,7-9,15-17H,6,10,26H2;1H/t17-,20+,21-;15-,16+,17-;/m00./s1. The fourth-order valence-corrected chi connectivity index (χ4v) is 10.3. The highest BCUT2D eigenvalue weighted by atomic mass is 35.5. The summed E-state index contributed by atoms with van der Waals surface area (Å²) in [5.74, 6) is -14.0. The Bertz CT molecular complexity index is 2750. The molecule has 0 saturated carbocycles. The summed E-state index contributed by atoms with van der Waals surface area (Å²) in [7, 11) is -4.84. The Morgan fingerprint density at radius 3 is 1.46 bits per heavy atom. The number of hydrogen-bond acceptors (Lipinski definition) is 10. The van der Waals surface area contributed by atoms with Gasteiger partial charge in [-0.2, -0.15) is 31.1 Å². The summed E-state index contributed by atoms with van der Waals surface area (Å²) < 4.78 is 177. The molecule has 2 saturated heterocycles. The van der Waals surface area contributed by atoms with Gasteiger partial charge in [0.1, 0.15) is 64.6 Å². The highest BCUT2D eigenvalue weighted by Crippen LogP contribution is 2.41. The maximum atomic E-state index is 14.5. The zero-order valence-corrected chi connectivity index (χ0v) is 38.5. The van der Waals surface area contributed by atoms with Gasteiger partial charge in [-0.1, -0.05) is 72.3 Å². The predicted octanol–water partition coefficient (Wildman–Crippen LogP) is 9.21. The zero-order chi connectivity index (χ0) is 50.6. The molecule has 7 rings (SSSR count). The number of carbonyl (C=O) groups excluding carboxylic acids is 4. The molecule has 12 nitrogen and oxygen atoms in total. The van der Waals surface area contributed by atoms with Gasteiger partial charge in [0, 0.05) is 12.1 Å². The Hall–Kier alpha value is -5.79. The van der Waals surface area contributed by atoms with E-state index in [9.17, 15) is 71.5 Å². The Kier molecular flexibility index (Phi) is 17.7. The van der Waals surface area contributed by atoms with Crippen molar-refractivity contribution in [2.75, 3.05) is 13.2 Å². The van der Waals surface area contributed by atoms with Gasteiger partial charge >= 0.3 is 24.5 Å². The molecule has 4 aromatic carbocycles. The average molecular weight is 1070 g/mol. The van der Waals surface area contributed by atoms with Crippen molar-refractivity contribution in [1.82, 2.24) is 14.5 Å². The lowest BCUT2D eigenvalue weighted by molar-refractivity contribution is -0.164. The zero-order valence-electron chi connectivity index (χ0n) is 35.3. The third kappa shape index (κ3) is 13.3. The molecule has 1 aromatic heterocycles. The third-order valence-corrected chi connectivity index (χ3v) is 13.7. The van der Waals surface area contributed by atoms with E-state index in [1.54, 1.807) is 65.4 Å². The van der Waals surface area contributed by atoms with Crippen molar-refractivity contribution >= 4 is 69.4 Å². The first-order chi connectivity index (χ1) is 32.3. The van der Waals surface area contributed by atoms with Crippen molar-refractivity contribution in [3.8, 4) is 0 Å². The smallest absolute Gasteiger partial charge is 0.417 e. The first-order valence-electron chi connectivity index (χ1n) is 20.0. The lowest BCUT2D eigenvalue weighted by Crippen LogP contribution is -2.56. The highest BCUT2D eigenvalue weighted by Gasteiger charge is 2.54. The van der Waals surface area contributed by atoms with Crippen LogP contribution in [0.15, 0.2) is 113 Å². The third-order valence-electron chi connectivity index (χ3n) is 10.6. The quantitative estimate of drug-likeness (QED) is 0.109. The first-order valence-corrected chi connectivity index (χ1v) is 22.7. The van der Waals surface area contributed by atoms with Gasteiger partial charge in [-0.05, 0) is 71.5 Å². The maximum Gasteiger partial charge on any atom is 0.417 e. The van der Waals surface area contributed by atoms with Crippen molar-refractivity contribution in [1.29, 1.82) is 0 Å². The molecule has 6 atom stereocenters. The Balaban J connectivity index is 0.000000266. The number of amides is 4. The molecule has 0 aliphatic carbocycles. The van der Waals surface area contributed by atoms with Crippen LogP contribution in [0.5, 0.6) is 0 Å². The molecular formula is C44H36Cl2F10N4O8S2. The number of halogens is 12. The van der Waals surface area contributed by atoms with Crippen molar-refractivity contribution in [3.63, 3.8) is 0 Å². The van der Waals surface area contributed by atoms with Crippen LogP contribution in [-0.4, -0.2) is 92.0 Å². The second-order valence-electron chi connectivity index (χ2n) is 15.4. The minimum absolute atomic E-state index is 0. The second-order valence-corrected chi connectivity index (χ2v) is 19.0. The van der Waals surface area contributed by atoms with Crippen LogP contribution in [0.1, 0.15) is 34.1 Å². The molecule has 26 heteroatoms. The van der Waals surface area contributed by atoms with Crippen LogP contribution in [0, 0.1) is 23.3 Å². The molecule has 2 aliphatic heterocycles. The van der Waals surface area contributed by atoms with Crippen molar-refractivity contribution < 1.29 is 81.0 Å². The van der Waals surface area contributed by atoms with Gasteiger partial charge in [-0.25, -0.2) is 45.4 Å². The minimum atomic E-state index is -5.41. The van der Waals surface area contributed by atoms with Gasteiger partial charge in [0.25, 0.3) is 15.9 Å². The van der Waals surface area contributed by atoms with Gasteiger partial charge in [0.05, 0.1) is 16.4 Å². The lowest BCUT2D eigenvalue weighted by Gasteiger charge is -2.32. The van der Waals surface area contributed by atoms with Crippen LogP contribution in [0.2, 0.25) is 4.34 Å². The average Bonchev–Trinajstić information content (AvgIpc) is 3.97. The molecule has 70 heavy (non-hydrogen) atoms. The first kappa shape index (κ1) is 55.1. The summed E-state index contributed by atoms with van der Waals surface area (Å²) in [5.41, 5.74) is 5.03. The van der Waals surface area contributed by atoms with Gasteiger partial charge in [0.2, 0.25) is 5.91 Å². The van der Waals surface area contributed by atoms with E-state index in [-0.39, 0.29) is 42.8 Å². The predicted molar refractivity (Wildman–Crippen MR) is 233 cm³/mol. The molecule has 0 spiro atoms. The molecule has 5 aromatic rings. The number of carbonyl (C=O) groups is 4. The molecule has 3 heterocycles. The van der Waals surface area contributed by atoms with E-state index in [0.29, 0.717) is 63.1 Å². The van der Waals surface area contributed by atoms with Crippen LogP contribution >= 0.6 is 35.3 Å². The van der Waals surface area contributed by atoms with Gasteiger partial charge < -0.3 is 15.2 Å². The van der Waals surface area contributed by atoms with E-state index in [2.05, 4.69) is 0 Å². The number of hydrogen-bond donors (Lipinski definition) is 2. The summed E-state index contributed by atoms with van der Waals surface area (Å²) in [6.45, 7) is -0.581. The summed E-state index contributed by atoms with van der Waals surface area (Å²) in [5, 5.41) is 0. The molecule has 4 amide bonds. The monoisotopic (exact) mass is 1070 g/mol. The largest absolute Gasteiger partial charge is 0.447 e. The number of cyclic esters (lactones) is 2. The normalized spacial score (nSPS) is 17.9. The lowest BCUT2D eigenvalue weighted by atomic mass is 9.89. The fraction of sp³-hybridized carbons (Fsp3) is 0.273. The second kappa shape index (κ2) is 22.5. The number of ether oxygens (including phenoxy) is 2. The van der Waals surface area contributed by atoms with Crippen LogP contribution in [-0.2, 0) is 41.9 Å². The van der Waals surface area contributed by atoms with E-state index >= 15 is 0 Å². The van der Waals surface area contributed by atoms with Crippen molar-refractivity contribution in [3.05, 3.63) is 159 Å². The van der Waals surface area contributed by atoms with Crippen molar-refractivity contribution in [2.45, 2.75) is 65.4 Å². The number of benzene rings is 4. The maximum absolute atomic E-state index is 14.5. The topological polar surface area (TPSA) is 165 Å². The molecule has 0 radical (unpaired) electrons. The number of nitrogens with one attached hydrogen (secondary N) is 1. The highest BCUT2D eigenvalue weighted by molar-refractivity contribution is 7.91. The van der Waals surface area contributed by atoms with E-state index in [0.717, 1.165) is 11.6 Å². The Morgan fingerprint density at radius 2 is 1.07 bits per heavy atom. The fourth-order valence-electron chi connectivity index (χ4n) is 7.60. The Labute approximate surface area is 406 Å². The molecule has 2 fully saturated rings. The number of thiophene rings is 1. The SMILES string of the molecule is Cl.N[C@H](C(=O)N1C(=O)OC[C@@H]1Cc1ccccc1)[C@@H](c1cc(F)cc(F)c1)C(F)(F)F.O=C1OC[C@H](Cc2ccccc2)N1C(=O)[C@@H](NS(=O)(=O)c1ccc(Cl)s1)[C@@H](c1cc(F)cc(F)c1)C(F)(F)F.